The van der Waals surface area contributed by atoms with E-state index in [0.29, 0.717) is 12.5 Å². The Morgan fingerprint density at radius 1 is 1.24 bits per heavy atom. The summed E-state index contributed by atoms with van der Waals surface area (Å²) in [4.78, 5) is 17.6. The Kier molecular flexibility index (Phi) is 7.88. The van der Waals surface area contributed by atoms with Gasteiger partial charge < -0.3 is 15.4 Å². The van der Waals surface area contributed by atoms with Gasteiger partial charge in [0.1, 0.15) is 5.60 Å². The highest BCUT2D eigenvalue weighted by Gasteiger charge is 2.20. The highest BCUT2D eigenvalue weighted by atomic mass is 32.1. The van der Waals surface area contributed by atoms with Gasteiger partial charge in [0.25, 0.3) is 0 Å². The van der Waals surface area contributed by atoms with Crippen molar-refractivity contribution in [1.29, 1.82) is 0 Å². The van der Waals surface area contributed by atoms with Crippen LogP contribution in [0.3, 0.4) is 0 Å². The Labute approximate surface area is 157 Å². The number of ether oxygens (including phenoxy) is 1. The Morgan fingerprint density at radius 2 is 1.88 bits per heavy atom. The number of nitrogens with zero attached hydrogens (tertiary/aromatic N) is 1. The monoisotopic (exact) mass is 369 g/mol. The lowest BCUT2D eigenvalue weighted by Gasteiger charge is -2.23. The average molecular weight is 370 g/mol. The molecule has 1 aromatic rings. The molecular formula is C19H35N3O2S. The number of nitrogens with one attached hydrogen (secondary N) is 2. The van der Waals surface area contributed by atoms with Crippen LogP contribution < -0.4 is 10.6 Å². The third-order valence-electron chi connectivity index (χ3n) is 3.41. The van der Waals surface area contributed by atoms with Gasteiger partial charge in [0, 0.05) is 35.6 Å². The zero-order chi connectivity index (χ0) is 19.3. The van der Waals surface area contributed by atoms with Crippen LogP contribution in [0.2, 0.25) is 0 Å². The number of aromatic nitrogens is 1. The van der Waals surface area contributed by atoms with Crippen molar-refractivity contribution in [2.75, 3.05) is 6.54 Å². The lowest BCUT2D eigenvalue weighted by molar-refractivity contribution is 0.0521. The first-order valence-corrected chi connectivity index (χ1v) is 9.84. The number of thiazole rings is 1. The molecule has 1 atom stereocenters. The number of amides is 1. The van der Waals surface area contributed by atoms with E-state index in [-0.39, 0.29) is 17.6 Å². The number of hydrogen-bond acceptors (Lipinski definition) is 5. The van der Waals surface area contributed by atoms with Crippen molar-refractivity contribution >= 4 is 17.4 Å². The average Bonchev–Trinajstić information content (AvgIpc) is 2.88. The van der Waals surface area contributed by atoms with Gasteiger partial charge in [0.2, 0.25) is 0 Å². The number of carbonyl (C=O) groups excluding carboxylic acids is 1. The first-order chi connectivity index (χ1) is 11.4. The molecule has 144 valence electrons. The minimum atomic E-state index is -0.475. The Morgan fingerprint density at radius 3 is 2.36 bits per heavy atom. The molecule has 0 fully saturated rings. The molecule has 0 saturated heterocycles. The predicted octanol–water partition coefficient (Wildman–Crippen LogP) is 4.47. The van der Waals surface area contributed by atoms with Crippen LogP contribution in [-0.2, 0) is 16.7 Å². The normalized spacial score (nSPS) is 13.8. The van der Waals surface area contributed by atoms with Gasteiger partial charge in [0.15, 0.2) is 0 Å². The molecule has 0 saturated carbocycles. The zero-order valence-corrected chi connectivity index (χ0v) is 17.8. The van der Waals surface area contributed by atoms with E-state index >= 15 is 0 Å². The third-order valence-corrected chi connectivity index (χ3v) is 4.83. The molecule has 1 rings (SSSR count). The van der Waals surface area contributed by atoms with E-state index < -0.39 is 5.60 Å². The van der Waals surface area contributed by atoms with Crippen LogP contribution >= 0.6 is 11.3 Å². The second-order valence-electron chi connectivity index (χ2n) is 8.97. The molecule has 0 aliphatic carbocycles. The molecule has 0 radical (unpaired) electrons. The van der Waals surface area contributed by atoms with Crippen LogP contribution in [0.4, 0.5) is 4.79 Å². The fraction of sp³-hybridized carbons (Fsp3) is 0.789. The van der Waals surface area contributed by atoms with Crippen LogP contribution in [0.5, 0.6) is 0 Å². The van der Waals surface area contributed by atoms with Crippen molar-refractivity contribution in [1.82, 2.24) is 15.6 Å². The summed E-state index contributed by atoms with van der Waals surface area (Å²) in [5.74, 6) is 0.546. The SMILES string of the molecule is CC(C)CC(CNC(=O)OC(C)(C)C)NCc1cnc(C(C)(C)C)s1. The van der Waals surface area contributed by atoms with Crippen LogP contribution in [0, 0.1) is 5.92 Å². The smallest absolute Gasteiger partial charge is 0.407 e. The van der Waals surface area contributed by atoms with E-state index in [1.165, 1.54) is 4.88 Å². The molecule has 25 heavy (non-hydrogen) atoms. The molecule has 2 N–H and O–H groups in total. The van der Waals surface area contributed by atoms with E-state index in [9.17, 15) is 4.79 Å². The maximum Gasteiger partial charge on any atom is 0.407 e. The Balaban J connectivity index is 2.55. The summed E-state index contributed by atoms with van der Waals surface area (Å²) in [6.07, 6.45) is 2.57. The summed E-state index contributed by atoms with van der Waals surface area (Å²) in [7, 11) is 0. The van der Waals surface area contributed by atoms with Gasteiger partial charge in [0.05, 0.1) is 5.01 Å². The van der Waals surface area contributed by atoms with Crippen LogP contribution in [0.25, 0.3) is 0 Å². The van der Waals surface area contributed by atoms with Crippen molar-refractivity contribution in [3.8, 4) is 0 Å². The second-order valence-corrected chi connectivity index (χ2v) is 10.1. The molecule has 0 aromatic carbocycles. The molecule has 0 spiro atoms. The largest absolute Gasteiger partial charge is 0.444 e. The molecule has 0 aliphatic rings. The standard InChI is InChI=1S/C19H35N3O2S/c1-13(2)9-14(10-22-17(23)24-19(6,7)8)20-11-15-12-21-16(25-15)18(3,4)5/h12-14,20H,9-11H2,1-8H3,(H,22,23). The van der Waals surface area contributed by atoms with Crippen LogP contribution in [0.15, 0.2) is 6.20 Å². The first kappa shape index (κ1) is 21.9. The van der Waals surface area contributed by atoms with Crippen molar-refractivity contribution in [3.05, 3.63) is 16.1 Å². The molecule has 0 bridgehead atoms. The van der Waals surface area contributed by atoms with Crippen molar-refractivity contribution in [2.45, 2.75) is 85.4 Å². The lowest BCUT2D eigenvalue weighted by Crippen LogP contribution is -2.43. The molecule has 1 heterocycles. The minimum absolute atomic E-state index is 0.0819. The van der Waals surface area contributed by atoms with Gasteiger partial charge in [-0.25, -0.2) is 9.78 Å². The van der Waals surface area contributed by atoms with E-state index in [2.05, 4.69) is 50.2 Å². The topological polar surface area (TPSA) is 63.2 Å². The molecule has 1 unspecified atom stereocenters. The van der Waals surface area contributed by atoms with E-state index in [0.717, 1.165) is 18.0 Å². The highest BCUT2D eigenvalue weighted by Crippen LogP contribution is 2.26. The molecular weight excluding hydrogens is 334 g/mol. The van der Waals surface area contributed by atoms with Crippen LogP contribution in [0.1, 0.15) is 71.7 Å². The number of carbonyl (C=O) groups is 1. The fourth-order valence-corrected chi connectivity index (χ4v) is 3.23. The van der Waals surface area contributed by atoms with Crippen molar-refractivity contribution in [2.24, 2.45) is 5.92 Å². The maximum absolute atomic E-state index is 11.9. The van der Waals surface area contributed by atoms with Crippen molar-refractivity contribution < 1.29 is 9.53 Å². The molecule has 5 nitrogen and oxygen atoms in total. The zero-order valence-electron chi connectivity index (χ0n) is 17.0. The predicted molar refractivity (Wildman–Crippen MR) is 105 cm³/mol. The number of hydrogen-bond donors (Lipinski definition) is 2. The number of rotatable bonds is 7. The summed E-state index contributed by atoms with van der Waals surface area (Å²) in [6, 6.07) is 0.202. The van der Waals surface area contributed by atoms with Gasteiger partial charge in [-0.1, -0.05) is 34.6 Å². The summed E-state index contributed by atoms with van der Waals surface area (Å²) >= 11 is 1.75. The van der Waals surface area contributed by atoms with Gasteiger partial charge in [-0.2, -0.15) is 0 Å². The molecule has 1 aromatic heterocycles. The summed E-state index contributed by atoms with van der Waals surface area (Å²) in [6.45, 7) is 17.8. The summed E-state index contributed by atoms with van der Waals surface area (Å²) < 4.78 is 5.31. The van der Waals surface area contributed by atoms with Crippen molar-refractivity contribution in [3.63, 3.8) is 0 Å². The second kappa shape index (κ2) is 8.99. The first-order valence-electron chi connectivity index (χ1n) is 9.02. The van der Waals surface area contributed by atoms with E-state index in [1.54, 1.807) is 11.3 Å². The summed E-state index contributed by atoms with van der Waals surface area (Å²) in [5, 5.41) is 7.57. The third kappa shape index (κ3) is 9.21. The highest BCUT2D eigenvalue weighted by molar-refractivity contribution is 7.11. The maximum atomic E-state index is 11.9. The van der Waals surface area contributed by atoms with Gasteiger partial charge in [-0.05, 0) is 33.1 Å². The van der Waals surface area contributed by atoms with Gasteiger partial charge >= 0.3 is 6.09 Å². The molecule has 6 heteroatoms. The van der Waals surface area contributed by atoms with E-state index in [1.807, 2.05) is 27.0 Å². The minimum Gasteiger partial charge on any atom is -0.444 e. The summed E-state index contributed by atoms with van der Waals surface area (Å²) in [5.41, 5.74) is -0.393. The Hall–Kier alpha value is -1.14. The van der Waals surface area contributed by atoms with E-state index in [4.69, 9.17) is 4.74 Å². The van der Waals surface area contributed by atoms with Crippen LogP contribution in [-0.4, -0.2) is 29.3 Å². The number of alkyl carbamates (subject to hydrolysis) is 1. The van der Waals surface area contributed by atoms with Gasteiger partial charge in [-0.3, -0.25) is 0 Å². The molecule has 1 amide bonds. The molecule has 0 aliphatic heterocycles. The Bertz CT molecular complexity index is 542. The fourth-order valence-electron chi connectivity index (χ4n) is 2.31. The quantitative estimate of drug-likeness (QED) is 0.744. The lowest BCUT2D eigenvalue weighted by atomic mass is 9.98. The van der Waals surface area contributed by atoms with Gasteiger partial charge in [-0.15, -0.1) is 11.3 Å².